The van der Waals surface area contributed by atoms with Crippen molar-refractivity contribution in [2.45, 2.75) is 6.54 Å². The third-order valence-corrected chi connectivity index (χ3v) is 2.29. The second kappa shape index (κ2) is 5.22. The maximum Gasteiger partial charge on any atom is 0.239 e. The highest BCUT2D eigenvalue weighted by atomic mass is 15.3. The van der Waals surface area contributed by atoms with Gasteiger partial charge in [0.05, 0.1) is 12.2 Å². The van der Waals surface area contributed by atoms with Gasteiger partial charge in [0.15, 0.2) is 0 Å². The number of rotatable bonds is 4. The Morgan fingerprint density at radius 1 is 1.24 bits per heavy atom. The Morgan fingerprint density at radius 2 is 2.12 bits per heavy atom. The van der Waals surface area contributed by atoms with Crippen LogP contribution in [-0.2, 0) is 6.54 Å². The lowest BCUT2D eigenvalue weighted by Gasteiger charge is -2.17. The molecule has 0 atom stereocenters. The predicted molar refractivity (Wildman–Crippen MR) is 66.2 cm³/mol. The number of nitrogens with one attached hydrogen (secondary N) is 1. The number of nitrogens with two attached hydrogens (primary N) is 1. The fourth-order valence-corrected chi connectivity index (χ4v) is 1.45. The second-order valence-electron chi connectivity index (χ2n) is 3.56. The SMILES string of the molecule is CN(Cc1ccccn1)c1ccnc(NN)n1. The molecule has 0 aliphatic heterocycles. The van der Waals surface area contributed by atoms with Crippen molar-refractivity contribution in [1.82, 2.24) is 15.0 Å². The third-order valence-electron chi connectivity index (χ3n) is 2.29. The van der Waals surface area contributed by atoms with Gasteiger partial charge in [0.1, 0.15) is 5.82 Å². The van der Waals surface area contributed by atoms with E-state index >= 15 is 0 Å². The number of hydrazine groups is 1. The zero-order valence-corrected chi connectivity index (χ0v) is 9.54. The molecule has 0 saturated heterocycles. The predicted octanol–water partition coefficient (Wildman–Crippen LogP) is 0.794. The van der Waals surface area contributed by atoms with E-state index in [1.807, 2.05) is 36.2 Å². The first-order chi connectivity index (χ1) is 8.29. The molecule has 6 nitrogen and oxygen atoms in total. The van der Waals surface area contributed by atoms with Crippen LogP contribution >= 0.6 is 0 Å². The Labute approximate surface area is 99.5 Å². The first kappa shape index (κ1) is 11.3. The summed E-state index contributed by atoms with van der Waals surface area (Å²) >= 11 is 0. The fraction of sp³-hybridized carbons (Fsp3) is 0.182. The zero-order valence-electron chi connectivity index (χ0n) is 9.54. The molecular formula is C11H14N6. The summed E-state index contributed by atoms with van der Waals surface area (Å²) in [5, 5.41) is 0. The summed E-state index contributed by atoms with van der Waals surface area (Å²) in [6.45, 7) is 0.682. The summed E-state index contributed by atoms with van der Waals surface area (Å²) in [6, 6.07) is 7.65. The summed E-state index contributed by atoms with van der Waals surface area (Å²) < 4.78 is 0. The van der Waals surface area contributed by atoms with E-state index in [4.69, 9.17) is 5.84 Å². The third kappa shape index (κ3) is 2.88. The van der Waals surface area contributed by atoms with Crippen LogP contribution in [0.25, 0.3) is 0 Å². The lowest BCUT2D eigenvalue weighted by atomic mass is 10.3. The normalized spacial score (nSPS) is 10.0. The maximum absolute atomic E-state index is 5.27. The van der Waals surface area contributed by atoms with E-state index in [1.165, 1.54) is 0 Å². The van der Waals surface area contributed by atoms with Crippen LogP contribution in [0.5, 0.6) is 0 Å². The van der Waals surface area contributed by atoms with E-state index in [1.54, 1.807) is 12.4 Å². The van der Waals surface area contributed by atoms with Gasteiger partial charge >= 0.3 is 0 Å². The molecule has 2 heterocycles. The summed E-state index contributed by atoms with van der Waals surface area (Å²) in [5.74, 6) is 6.45. The van der Waals surface area contributed by atoms with Gasteiger partial charge in [-0.25, -0.2) is 10.8 Å². The molecule has 0 aliphatic carbocycles. The number of hydrogen-bond donors (Lipinski definition) is 2. The minimum absolute atomic E-state index is 0.398. The van der Waals surface area contributed by atoms with E-state index in [-0.39, 0.29) is 0 Å². The van der Waals surface area contributed by atoms with Crippen LogP contribution in [0, 0.1) is 0 Å². The number of anilines is 2. The van der Waals surface area contributed by atoms with Crippen molar-refractivity contribution in [2.24, 2.45) is 5.84 Å². The Hall–Kier alpha value is -2.21. The Morgan fingerprint density at radius 3 is 2.82 bits per heavy atom. The largest absolute Gasteiger partial charge is 0.354 e. The Balaban J connectivity index is 2.11. The first-order valence-electron chi connectivity index (χ1n) is 5.20. The van der Waals surface area contributed by atoms with Gasteiger partial charge in [-0.2, -0.15) is 4.98 Å². The van der Waals surface area contributed by atoms with Crippen LogP contribution in [0.4, 0.5) is 11.8 Å². The average Bonchev–Trinajstić information content (AvgIpc) is 2.40. The molecule has 2 rings (SSSR count). The highest BCUT2D eigenvalue weighted by molar-refractivity contribution is 5.41. The molecule has 0 bridgehead atoms. The molecular weight excluding hydrogens is 216 g/mol. The monoisotopic (exact) mass is 230 g/mol. The minimum Gasteiger partial charge on any atom is -0.354 e. The van der Waals surface area contributed by atoms with Crippen LogP contribution in [0.3, 0.4) is 0 Å². The van der Waals surface area contributed by atoms with Gasteiger partial charge in [0.2, 0.25) is 5.95 Å². The quantitative estimate of drug-likeness (QED) is 0.597. The minimum atomic E-state index is 0.398. The van der Waals surface area contributed by atoms with Gasteiger partial charge in [0, 0.05) is 19.4 Å². The molecule has 6 heteroatoms. The van der Waals surface area contributed by atoms with E-state index in [2.05, 4.69) is 20.4 Å². The number of aromatic nitrogens is 3. The molecule has 3 N–H and O–H groups in total. The molecule has 0 aliphatic rings. The molecule has 0 aromatic carbocycles. The van der Waals surface area contributed by atoms with Gasteiger partial charge in [-0.1, -0.05) is 6.07 Å². The second-order valence-corrected chi connectivity index (χ2v) is 3.56. The standard InChI is InChI=1S/C11H14N6/c1-17(8-9-4-2-3-6-13-9)10-5-7-14-11(15-10)16-12/h2-7H,8,12H2,1H3,(H,14,15,16). The van der Waals surface area contributed by atoms with Crippen molar-refractivity contribution in [3.05, 3.63) is 42.4 Å². The fourth-order valence-electron chi connectivity index (χ4n) is 1.45. The molecule has 0 saturated carbocycles. The lowest BCUT2D eigenvalue weighted by Crippen LogP contribution is -2.20. The Kier molecular flexibility index (Phi) is 3.46. The molecule has 0 spiro atoms. The van der Waals surface area contributed by atoms with Gasteiger partial charge in [0.25, 0.3) is 0 Å². The van der Waals surface area contributed by atoms with E-state index < -0.39 is 0 Å². The van der Waals surface area contributed by atoms with Crippen molar-refractivity contribution < 1.29 is 0 Å². The maximum atomic E-state index is 5.27. The van der Waals surface area contributed by atoms with Crippen molar-refractivity contribution in [3.63, 3.8) is 0 Å². The van der Waals surface area contributed by atoms with Gasteiger partial charge in [-0.3, -0.25) is 10.4 Å². The first-order valence-corrected chi connectivity index (χ1v) is 5.20. The average molecular weight is 230 g/mol. The van der Waals surface area contributed by atoms with Crippen LogP contribution in [0.15, 0.2) is 36.7 Å². The van der Waals surface area contributed by atoms with Crippen LogP contribution < -0.4 is 16.2 Å². The molecule has 2 aromatic heterocycles. The number of pyridine rings is 1. The van der Waals surface area contributed by atoms with Crippen molar-refractivity contribution in [1.29, 1.82) is 0 Å². The zero-order chi connectivity index (χ0) is 12.1. The molecule has 17 heavy (non-hydrogen) atoms. The van der Waals surface area contributed by atoms with E-state index in [0.717, 1.165) is 11.5 Å². The molecule has 0 fully saturated rings. The summed E-state index contributed by atoms with van der Waals surface area (Å²) in [5.41, 5.74) is 3.40. The van der Waals surface area contributed by atoms with Gasteiger partial charge < -0.3 is 4.90 Å². The molecule has 88 valence electrons. The Bertz CT molecular complexity index is 472. The van der Waals surface area contributed by atoms with Crippen molar-refractivity contribution in [2.75, 3.05) is 17.4 Å². The topological polar surface area (TPSA) is 80.0 Å². The number of nitrogens with zero attached hydrogens (tertiary/aromatic N) is 4. The molecule has 0 amide bonds. The van der Waals surface area contributed by atoms with Gasteiger partial charge in [-0.15, -0.1) is 0 Å². The van der Waals surface area contributed by atoms with Crippen LogP contribution in [0.2, 0.25) is 0 Å². The van der Waals surface area contributed by atoms with Crippen molar-refractivity contribution in [3.8, 4) is 0 Å². The smallest absolute Gasteiger partial charge is 0.239 e. The van der Waals surface area contributed by atoms with Crippen LogP contribution in [-0.4, -0.2) is 22.0 Å². The highest BCUT2D eigenvalue weighted by Gasteiger charge is 2.05. The van der Waals surface area contributed by atoms with Crippen molar-refractivity contribution >= 4 is 11.8 Å². The van der Waals surface area contributed by atoms with Crippen LogP contribution in [0.1, 0.15) is 5.69 Å². The summed E-state index contributed by atoms with van der Waals surface area (Å²) in [7, 11) is 1.94. The molecule has 0 unspecified atom stereocenters. The highest BCUT2D eigenvalue weighted by Crippen LogP contribution is 2.12. The number of nitrogen functional groups attached to an aromatic ring is 1. The summed E-state index contributed by atoms with van der Waals surface area (Å²) in [4.78, 5) is 14.4. The number of hydrogen-bond acceptors (Lipinski definition) is 6. The molecule has 2 aromatic rings. The van der Waals surface area contributed by atoms with E-state index in [9.17, 15) is 0 Å². The lowest BCUT2D eigenvalue weighted by molar-refractivity contribution is 0.861. The van der Waals surface area contributed by atoms with E-state index in [0.29, 0.717) is 12.5 Å². The van der Waals surface area contributed by atoms with Gasteiger partial charge in [-0.05, 0) is 18.2 Å². The summed E-state index contributed by atoms with van der Waals surface area (Å²) in [6.07, 6.45) is 3.43. The molecule has 0 radical (unpaired) electrons.